The summed E-state index contributed by atoms with van der Waals surface area (Å²) in [7, 11) is -1.01. The van der Waals surface area contributed by atoms with Gasteiger partial charge in [0.15, 0.2) is 0 Å². The quantitative estimate of drug-likeness (QED) is 0.910. The lowest BCUT2D eigenvalue weighted by Gasteiger charge is -2.29. The van der Waals surface area contributed by atoms with Crippen LogP contribution in [0.3, 0.4) is 0 Å². The molecule has 2 nitrogen and oxygen atoms in total. The minimum absolute atomic E-state index is 0.202. The molecule has 1 aliphatic rings. The molecule has 0 saturated heterocycles. The van der Waals surface area contributed by atoms with E-state index in [1.54, 1.807) is 12.1 Å². The molecule has 100 valence electrons. The summed E-state index contributed by atoms with van der Waals surface area (Å²) in [4.78, 5) is 0.749. The van der Waals surface area contributed by atoms with Crippen LogP contribution in [0, 0.1) is 5.82 Å². The molecule has 0 radical (unpaired) electrons. The van der Waals surface area contributed by atoms with Crippen LogP contribution in [0.1, 0.15) is 32.6 Å². The molecule has 0 aromatic heterocycles. The maximum Gasteiger partial charge on any atom is 0.123 e. The molecular formula is C14H20FNOS. The van der Waals surface area contributed by atoms with Crippen LogP contribution in [-0.4, -0.2) is 22.0 Å². The molecule has 1 fully saturated rings. The van der Waals surface area contributed by atoms with Gasteiger partial charge < -0.3 is 5.32 Å². The van der Waals surface area contributed by atoms with E-state index in [0.29, 0.717) is 6.04 Å². The van der Waals surface area contributed by atoms with Crippen molar-refractivity contribution in [2.45, 2.75) is 48.8 Å². The minimum Gasteiger partial charge on any atom is -0.314 e. The molecule has 3 atom stereocenters. The van der Waals surface area contributed by atoms with E-state index in [0.717, 1.165) is 30.7 Å². The summed E-state index contributed by atoms with van der Waals surface area (Å²) in [6.45, 7) is 3.06. The molecule has 3 unspecified atom stereocenters. The highest BCUT2D eigenvalue weighted by molar-refractivity contribution is 7.85. The first kappa shape index (κ1) is 13.7. The molecule has 0 amide bonds. The Balaban J connectivity index is 2.02. The monoisotopic (exact) mass is 269 g/mol. The summed E-state index contributed by atoms with van der Waals surface area (Å²) in [5, 5.41) is 3.64. The molecule has 1 aromatic carbocycles. The van der Waals surface area contributed by atoms with Crippen molar-refractivity contribution in [3.05, 3.63) is 30.1 Å². The van der Waals surface area contributed by atoms with Gasteiger partial charge in [-0.25, -0.2) is 4.39 Å². The molecule has 0 spiro atoms. The average Bonchev–Trinajstić information content (AvgIpc) is 2.39. The molecule has 0 bridgehead atoms. The molecule has 2 rings (SSSR count). The summed E-state index contributed by atoms with van der Waals surface area (Å²) < 4.78 is 25.3. The maximum atomic E-state index is 12.8. The van der Waals surface area contributed by atoms with E-state index < -0.39 is 10.8 Å². The number of hydrogen-bond acceptors (Lipinski definition) is 2. The molecule has 1 N–H and O–H groups in total. The summed E-state index contributed by atoms with van der Waals surface area (Å²) in [5.41, 5.74) is 0. The summed E-state index contributed by atoms with van der Waals surface area (Å²) in [5.74, 6) is -0.273. The zero-order valence-electron chi connectivity index (χ0n) is 10.7. The Hall–Kier alpha value is -0.740. The van der Waals surface area contributed by atoms with E-state index in [2.05, 4.69) is 12.2 Å². The van der Waals surface area contributed by atoms with Crippen LogP contribution in [0.25, 0.3) is 0 Å². The fourth-order valence-corrected chi connectivity index (χ4v) is 4.15. The fourth-order valence-electron chi connectivity index (χ4n) is 2.57. The minimum atomic E-state index is -1.01. The van der Waals surface area contributed by atoms with Crippen molar-refractivity contribution in [3.63, 3.8) is 0 Å². The van der Waals surface area contributed by atoms with Gasteiger partial charge in [0.05, 0.1) is 10.8 Å². The topological polar surface area (TPSA) is 29.1 Å². The van der Waals surface area contributed by atoms with E-state index in [1.807, 2.05) is 0 Å². The molecule has 1 saturated carbocycles. The third kappa shape index (κ3) is 3.39. The molecular weight excluding hydrogens is 249 g/mol. The normalized spacial score (nSPS) is 25.9. The van der Waals surface area contributed by atoms with Crippen molar-refractivity contribution in [3.8, 4) is 0 Å². The van der Waals surface area contributed by atoms with Crippen molar-refractivity contribution < 1.29 is 8.60 Å². The van der Waals surface area contributed by atoms with Crippen LogP contribution in [0.5, 0.6) is 0 Å². The van der Waals surface area contributed by atoms with Gasteiger partial charge in [0.1, 0.15) is 5.82 Å². The first-order valence-electron chi connectivity index (χ1n) is 6.60. The van der Waals surface area contributed by atoms with Crippen LogP contribution in [0.4, 0.5) is 4.39 Å². The Bertz CT molecular complexity index is 405. The van der Waals surface area contributed by atoms with Crippen LogP contribution in [0.15, 0.2) is 29.2 Å². The highest BCUT2D eigenvalue weighted by Gasteiger charge is 2.26. The summed E-state index contributed by atoms with van der Waals surface area (Å²) in [6, 6.07) is 6.54. The largest absolute Gasteiger partial charge is 0.314 e. The van der Waals surface area contributed by atoms with E-state index in [9.17, 15) is 8.60 Å². The van der Waals surface area contributed by atoms with Crippen molar-refractivity contribution >= 4 is 10.8 Å². The van der Waals surface area contributed by atoms with Gasteiger partial charge in [-0.2, -0.15) is 0 Å². The van der Waals surface area contributed by atoms with Gasteiger partial charge in [-0.15, -0.1) is 0 Å². The molecule has 18 heavy (non-hydrogen) atoms. The Morgan fingerprint density at radius 3 is 2.72 bits per heavy atom. The van der Waals surface area contributed by atoms with Crippen molar-refractivity contribution in [1.82, 2.24) is 5.32 Å². The summed E-state index contributed by atoms with van der Waals surface area (Å²) >= 11 is 0. The molecule has 1 aliphatic carbocycles. The first-order valence-corrected chi connectivity index (χ1v) is 7.81. The Morgan fingerprint density at radius 1 is 1.33 bits per heavy atom. The van der Waals surface area contributed by atoms with Crippen molar-refractivity contribution in [2.24, 2.45) is 0 Å². The van der Waals surface area contributed by atoms with Gasteiger partial charge >= 0.3 is 0 Å². The molecule has 0 heterocycles. The molecule has 4 heteroatoms. The van der Waals surface area contributed by atoms with Gasteiger partial charge in [0, 0.05) is 16.2 Å². The highest BCUT2D eigenvalue weighted by Crippen LogP contribution is 2.26. The lowest BCUT2D eigenvalue weighted by atomic mass is 9.95. The lowest BCUT2D eigenvalue weighted by Crippen LogP contribution is -2.37. The molecule has 0 aliphatic heterocycles. The first-order chi connectivity index (χ1) is 8.70. The van der Waals surface area contributed by atoms with Crippen molar-refractivity contribution in [2.75, 3.05) is 6.54 Å². The average molecular weight is 269 g/mol. The predicted octanol–water partition coefficient (Wildman–Crippen LogP) is 2.85. The lowest BCUT2D eigenvalue weighted by molar-refractivity contribution is 0.383. The Morgan fingerprint density at radius 2 is 2.06 bits per heavy atom. The van der Waals surface area contributed by atoms with Gasteiger partial charge in [0.2, 0.25) is 0 Å². The second-order valence-electron chi connectivity index (χ2n) is 4.79. The Labute approximate surface area is 110 Å². The van der Waals surface area contributed by atoms with E-state index >= 15 is 0 Å². The van der Waals surface area contributed by atoms with Gasteiger partial charge in [-0.3, -0.25) is 4.21 Å². The van der Waals surface area contributed by atoms with Crippen LogP contribution < -0.4 is 5.32 Å². The van der Waals surface area contributed by atoms with Gasteiger partial charge in [-0.1, -0.05) is 13.3 Å². The van der Waals surface area contributed by atoms with E-state index in [1.165, 1.54) is 18.6 Å². The zero-order chi connectivity index (χ0) is 13.0. The number of halogens is 1. The predicted molar refractivity (Wildman–Crippen MR) is 72.5 cm³/mol. The van der Waals surface area contributed by atoms with Crippen LogP contribution in [0.2, 0.25) is 0 Å². The zero-order valence-corrected chi connectivity index (χ0v) is 11.5. The number of rotatable bonds is 4. The number of benzene rings is 1. The number of nitrogens with one attached hydrogen (secondary N) is 1. The highest BCUT2D eigenvalue weighted by atomic mass is 32.2. The fraction of sp³-hybridized carbons (Fsp3) is 0.571. The standard InChI is InChI=1S/C14H20FNOS/c1-2-16-12-4-3-5-14(10-12)18(17)13-8-6-11(15)7-9-13/h6-9,12,14,16H,2-5,10H2,1H3. The maximum absolute atomic E-state index is 12.8. The number of hydrogen-bond donors (Lipinski definition) is 1. The SMILES string of the molecule is CCNC1CCCC(S(=O)c2ccc(F)cc2)C1. The Kier molecular flexibility index (Phi) is 4.89. The smallest absolute Gasteiger partial charge is 0.123 e. The van der Waals surface area contributed by atoms with Gasteiger partial charge in [-0.05, 0) is 50.1 Å². The van der Waals surface area contributed by atoms with Crippen LogP contribution >= 0.6 is 0 Å². The van der Waals surface area contributed by atoms with E-state index in [-0.39, 0.29) is 11.1 Å². The van der Waals surface area contributed by atoms with Crippen LogP contribution in [-0.2, 0) is 10.8 Å². The second kappa shape index (κ2) is 6.43. The summed E-state index contributed by atoms with van der Waals surface area (Å²) in [6.07, 6.45) is 4.25. The third-order valence-electron chi connectivity index (χ3n) is 3.47. The third-order valence-corrected chi connectivity index (χ3v) is 5.24. The van der Waals surface area contributed by atoms with Crippen molar-refractivity contribution in [1.29, 1.82) is 0 Å². The van der Waals surface area contributed by atoms with E-state index in [4.69, 9.17) is 0 Å². The van der Waals surface area contributed by atoms with Gasteiger partial charge in [0.25, 0.3) is 0 Å². The second-order valence-corrected chi connectivity index (χ2v) is 6.53. The molecule has 1 aromatic rings.